The van der Waals surface area contributed by atoms with Crippen LogP contribution in [-0.4, -0.2) is 76.6 Å². The standard InChI is InChI=1S/C26H36FN9O3/c1-25(2)13-17(11-18-7-6-10-34(18)25)29-22-19(27)14-28-23(31-22)30-16-8-9-21(39-5)20(12-16)36-24(37)35(32-33-36)15-26(3,4)38/h8-9,12,14,17-18,38H,6-7,10-11,13,15H2,1-5H3,(H2,28,29,30,31)/t17-,18-/m1/s1. The van der Waals surface area contributed by atoms with Crippen molar-refractivity contribution in [1.82, 2.24) is 34.7 Å². The van der Waals surface area contributed by atoms with E-state index in [1.165, 1.54) is 13.5 Å². The van der Waals surface area contributed by atoms with Crippen LogP contribution in [0.15, 0.2) is 29.2 Å². The maximum absolute atomic E-state index is 14.8. The number of methoxy groups -OCH3 is 1. The largest absolute Gasteiger partial charge is 0.494 e. The predicted octanol–water partition coefficient (Wildman–Crippen LogP) is 2.70. The quantitative estimate of drug-likeness (QED) is 0.391. The van der Waals surface area contributed by atoms with Crippen LogP contribution >= 0.6 is 0 Å². The molecule has 13 heteroatoms. The lowest BCUT2D eigenvalue weighted by atomic mass is 9.84. The van der Waals surface area contributed by atoms with Crippen LogP contribution in [0.1, 0.15) is 53.4 Å². The number of aliphatic hydroxyl groups is 1. The highest BCUT2D eigenvalue weighted by Gasteiger charge is 2.43. The van der Waals surface area contributed by atoms with Gasteiger partial charge in [0, 0.05) is 23.3 Å². The van der Waals surface area contributed by atoms with Crippen molar-refractivity contribution in [3.05, 3.63) is 40.7 Å². The summed E-state index contributed by atoms with van der Waals surface area (Å²) >= 11 is 0. The molecule has 4 heterocycles. The van der Waals surface area contributed by atoms with E-state index in [4.69, 9.17) is 4.74 Å². The van der Waals surface area contributed by atoms with Gasteiger partial charge in [0.15, 0.2) is 11.6 Å². The number of piperidine rings is 1. The highest BCUT2D eigenvalue weighted by atomic mass is 19.1. The van der Waals surface area contributed by atoms with Gasteiger partial charge < -0.3 is 20.5 Å². The number of tetrazole rings is 1. The molecule has 0 aliphatic carbocycles. The minimum Gasteiger partial charge on any atom is -0.494 e. The molecule has 0 spiro atoms. The maximum atomic E-state index is 14.8. The minimum absolute atomic E-state index is 0.0256. The third-order valence-corrected chi connectivity index (χ3v) is 7.38. The summed E-state index contributed by atoms with van der Waals surface area (Å²) in [5, 5.41) is 24.3. The molecule has 5 rings (SSSR count). The highest BCUT2D eigenvalue weighted by molar-refractivity contribution is 5.62. The number of benzene rings is 1. The molecule has 2 fully saturated rings. The Labute approximate surface area is 226 Å². The van der Waals surface area contributed by atoms with Crippen molar-refractivity contribution in [3.63, 3.8) is 0 Å². The van der Waals surface area contributed by atoms with Crippen LogP contribution in [-0.2, 0) is 6.54 Å². The number of rotatable bonds is 8. The Morgan fingerprint density at radius 2 is 2.08 bits per heavy atom. The summed E-state index contributed by atoms with van der Waals surface area (Å²) in [7, 11) is 1.48. The fraction of sp³-hybridized carbons (Fsp3) is 0.577. The van der Waals surface area contributed by atoms with Gasteiger partial charge in [0.2, 0.25) is 5.95 Å². The zero-order valence-corrected chi connectivity index (χ0v) is 23.0. The lowest BCUT2D eigenvalue weighted by Gasteiger charge is -2.47. The van der Waals surface area contributed by atoms with Crippen LogP contribution in [0.25, 0.3) is 5.69 Å². The Balaban J connectivity index is 1.37. The van der Waals surface area contributed by atoms with Crippen LogP contribution < -0.4 is 21.1 Å². The Morgan fingerprint density at radius 1 is 1.28 bits per heavy atom. The Kier molecular flexibility index (Phi) is 7.06. The average molecular weight is 542 g/mol. The number of hydrogen-bond acceptors (Lipinski definition) is 10. The molecule has 2 aliphatic rings. The molecule has 0 saturated carbocycles. The number of anilines is 3. The number of fused-ring (bicyclic) bond motifs is 1. The van der Waals surface area contributed by atoms with Gasteiger partial charge in [-0.05, 0) is 88.5 Å². The monoisotopic (exact) mass is 541 g/mol. The van der Waals surface area contributed by atoms with Gasteiger partial charge in [0.05, 0.1) is 25.5 Å². The molecule has 39 heavy (non-hydrogen) atoms. The van der Waals surface area contributed by atoms with Gasteiger partial charge in [-0.1, -0.05) is 0 Å². The van der Waals surface area contributed by atoms with E-state index in [1.807, 2.05) is 0 Å². The van der Waals surface area contributed by atoms with Gasteiger partial charge in [-0.2, -0.15) is 14.3 Å². The van der Waals surface area contributed by atoms with Crippen molar-refractivity contribution >= 4 is 17.5 Å². The summed E-state index contributed by atoms with van der Waals surface area (Å²) < 4.78 is 22.4. The molecule has 2 aromatic heterocycles. The fourth-order valence-electron chi connectivity index (χ4n) is 5.80. The van der Waals surface area contributed by atoms with Crippen LogP contribution in [0.3, 0.4) is 0 Å². The van der Waals surface area contributed by atoms with Crippen molar-refractivity contribution in [2.24, 2.45) is 0 Å². The molecule has 3 aromatic rings. The summed E-state index contributed by atoms with van der Waals surface area (Å²) in [6.07, 6.45) is 5.34. The molecule has 2 saturated heterocycles. The van der Waals surface area contributed by atoms with E-state index in [-0.39, 0.29) is 29.9 Å². The van der Waals surface area contributed by atoms with E-state index in [1.54, 1.807) is 32.0 Å². The molecule has 2 atom stereocenters. The summed E-state index contributed by atoms with van der Waals surface area (Å²) in [4.78, 5) is 24.0. The van der Waals surface area contributed by atoms with Gasteiger partial charge in [0.1, 0.15) is 11.4 Å². The molecule has 210 valence electrons. The molecule has 12 nitrogen and oxygen atoms in total. The second-order valence-corrected chi connectivity index (χ2v) is 11.6. The summed E-state index contributed by atoms with van der Waals surface area (Å²) in [5.74, 6) is 0.226. The maximum Gasteiger partial charge on any atom is 0.368 e. The van der Waals surface area contributed by atoms with Gasteiger partial charge >= 0.3 is 5.69 Å². The number of hydrogen-bond donors (Lipinski definition) is 3. The first kappa shape index (κ1) is 27.0. The van der Waals surface area contributed by atoms with Crippen molar-refractivity contribution in [2.45, 2.75) is 83.1 Å². The van der Waals surface area contributed by atoms with E-state index >= 15 is 0 Å². The molecule has 0 radical (unpaired) electrons. The zero-order valence-electron chi connectivity index (χ0n) is 23.0. The van der Waals surface area contributed by atoms with Crippen LogP contribution in [0, 0.1) is 5.82 Å². The van der Waals surface area contributed by atoms with Crippen molar-refractivity contribution < 1.29 is 14.2 Å². The summed E-state index contributed by atoms with van der Waals surface area (Å²) in [6, 6.07) is 5.63. The number of nitrogens with zero attached hydrogens (tertiary/aromatic N) is 7. The van der Waals surface area contributed by atoms with Crippen molar-refractivity contribution in [1.29, 1.82) is 0 Å². The number of halogens is 1. The summed E-state index contributed by atoms with van der Waals surface area (Å²) in [5.41, 5.74) is -0.775. The van der Waals surface area contributed by atoms with Gasteiger partial charge in [-0.25, -0.2) is 14.2 Å². The van der Waals surface area contributed by atoms with E-state index in [9.17, 15) is 14.3 Å². The van der Waals surface area contributed by atoms with Crippen LogP contribution in [0.5, 0.6) is 5.75 Å². The van der Waals surface area contributed by atoms with Crippen molar-refractivity contribution in [2.75, 3.05) is 24.3 Å². The molecule has 0 bridgehead atoms. The Bertz CT molecular complexity index is 1400. The highest BCUT2D eigenvalue weighted by Crippen LogP contribution is 2.38. The van der Waals surface area contributed by atoms with Crippen LogP contribution in [0.4, 0.5) is 21.8 Å². The predicted molar refractivity (Wildman–Crippen MR) is 144 cm³/mol. The van der Waals surface area contributed by atoms with Crippen molar-refractivity contribution in [3.8, 4) is 11.4 Å². The second kappa shape index (κ2) is 10.2. The van der Waals surface area contributed by atoms with Gasteiger partial charge in [0.25, 0.3) is 0 Å². The average Bonchev–Trinajstić information content (AvgIpc) is 3.47. The smallest absolute Gasteiger partial charge is 0.368 e. The van der Waals surface area contributed by atoms with E-state index in [0.29, 0.717) is 23.2 Å². The number of ether oxygens (including phenoxy) is 1. The van der Waals surface area contributed by atoms with E-state index in [2.05, 4.69) is 49.8 Å². The lowest BCUT2D eigenvalue weighted by Crippen LogP contribution is -2.55. The van der Waals surface area contributed by atoms with E-state index in [0.717, 1.165) is 41.4 Å². The third kappa shape index (κ3) is 5.74. The normalized spacial score (nSPS) is 21.0. The van der Waals surface area contributed by atoms with Gasteiger partial charge in [-0.15, -0.1) is 0 Å². The SMILES string of the molecule is COc1ccc(Nc2ncc(F)c(N[C@@H]3C[C@H]4CCCN4C(C)(C)C3)n2)cc1-n1nnn(CC(C)(C)O)c1=O. The second-order valence-electron chi connectivity index (χ2n) is 11.6. The number of nitrogens with one attached hydrogen (secondary N) is 2. The zero-order chi connectivity index (χ0) is 27.9. The fourth-order valence-corrected chi connectivity index (χ4v) is 5.80. The van der Waals surface area contributed by atoms with E-state index < -0.39 is 17.1 Å². The first-order valence-corrected chi connectivity index (χ1v) is 13.2. The van der Waals surface area contributed by atoms with Gasteiger partial charge in [-0.3, -0.25) is 4.90 Å². The molecule has 2 aliphatic heterocycles. The number of aromatic nitrogens is 6. The van der Waals surface area contributed by atoms with Crippen LogP contribution in [0.2, 0.25) is 0 Å². The molecule has 1 aromatic carbocycles. The molecular formula is C26H36FN9O3. The molecular weight excluding hydrogens is 505 g/mol. The molecule has 0 unspecified atom stereocenters. The summed E-state index contributed by atoms with van der Waals surface area (Å²) in [6.45, 7) is 8.74. The minimum atomic E-state index is -1.15. The molecule has 0 amide bonds. The Morgan fingerprint density at radius 3 is 2.82 bits per heavy atom. The first-order valence-electron chi connectivity index (χ1n) is 13.2. The topological polar surface area (TPSA) is 135 Å². The third-order valence-electron chi connectivity index (χ3n) is 7.38. The Hall–Kier alpha value is -3.58. The lowest BCUT2D eigenvalue weighted by molar-refractivity contribution is 0.0500. The first-order chi connectivity index (χ1) is 18.4. The molecule has 3 N–H and O–H groups in total.